The molecule has 0 bridgehead atoms. The number of halogens is 4. The van der Waals surface area contributed by atoms with Gasteiger partial charge in [0.1, 0.15) is 5.60 Å². The van der Waals surface area contributed by atoms with Crippen molar-refractivity contribution < 1.29 is 22.7 Å². The molecule has 0 N–H and O–H groups in total. The maximum Gasteiger partial charge on any atom is 0.416 e. The number of rotatable bonds is 1. The second-order valence-electron chi connectivity index (χ2n) is 6.65. The number of piperazine rings is 1. The molecule has 1 heterocycles. The largest absolute Gasteiger partial charge is 0.444 e. The van der Waals surface area contributed by atoms with Gasteiger partial charge in [0.05, 0.1) is 5.56 Å². The number of hydrogen-bond acceptors (Lipinski definition) is 3. The number of amides is 1. The van der Waals surface area contributed by atoms with Gasteiger partial charge in [-0.05, 0) is 39.0 Å². The fraction of sp³-hybridized carbons (Fsp3) is 0.562. The fourth-order valence-electron chi connectivity index (χ4n) is 2.39. The van der Waals surface area contributed by atoms with Crippen LogP contribution in [0.4, 0.5) is 23.7 Å². The van der Waals surface area contributed by atoms with Gasteiger partial charge in [0.25, 0.3) is 0 Å². The van der Waals surface area contributed by atoms with Crippen LogP contribution in [0.2, 0.25) is 5.02 Å². The Bertz CT molecular complexity index is 606. The summed E-state index contributed by atoms with van der Waals surface area (Å²) in [5.74, 6) is 0. The Hall–Kier alpha value is -1.63. The highest BCUT2D eigenvalue weighted by molar-refractivity contribution is 6.31. The van der Waals surface area contributed by atoms with Crippen molar-refractivity contribution in [1.82, 2.24) is 4.90 Å². The van der Waals surface area contributed by atoms with Crippen molar-refractivity contribution in [2.45, 2.75) is 32.5 Å². The van der Waals surface area contributed by atoms with Gasteiger partial charge < -0.3 is 14.5 Å². The lowest BCUT2D eigenvalue weighted by atomic mass is 10.1. The minimum atomic E-state index is -4.45. The molecule has 1 aliphatic rings. The van der Waals surface area contributed by atoms with Crippen LogP contribution >= 0.6 is 11.6 Å². The predicted molar refractivity (Wildman–Crippen MR) is 86.5 cm³/mol. The molecule has 0 unspecified atom stereocenters. The molecule has 0 aromatic heterocycles. The molecule has 0 radical (unpaired) electrons. The zero-order valence-corrected chi connectivity index (χ0v) is 14.5. The van der Waals surface area contributed by atoms with Crippen LogP contribution in [0.1, 0.15) is 26.3 Å². The Labute approximate surface area is 144 Å². The number of anilines is 1. The van der Waals surface area contributed by atoms with E-state index in [1.165, 1.54) is 6.07 Å². The maximum atomic E-state index is 12.9. The van der Waals surface area contributed by atoms with E-state index in [0.29, 0.717) is 31.9 Å². The number of ether oxygens (including phenoxy) is 1. The lowest BCUT2D eigenvalue weighted by Crippen LogP contribution is -2.50. The first-order valence-corrected chi connectivity index (χ1v) is 7.94. The summed E-state index contributed by atoms with van der Waals surface area (Å²) in [6.45, 7) is 6.93. The summed E-state index contributed by atoms with van der Waals surface area (Å²) >= 11 is 5.82. The molecule has 4 nitrogen and oxygen atoms in total. The normalized spacial score (nSPS) is 16.3. The predicted octanol–water partition coefficient (Wildman–Crippen LogP) is 4.42. The molecule has 0 saturated carbocycles. The maximum absolute atomic E-state index is 12.9. The Morgan fingerprint density at radius 2 is 1.67 bits per heavy atom. The van der Waals surface area contributed by atoms with Gasteiger partial charge in [-0.1, -0.05) is 11.6 Å². The fourth-order valence-corrected chi connectivity index (χ4v) is 2.62. The van der Waals surface area contributed by atoms with Crippen molar-refractivity contribution in [3.05, 3.63) is 28.8 Å². The van der Waals surface area contributed by atoms with E-state index in [2.05, 4.69) is 0 Å². The molecule has 2 rings (SSSR count). The Kier molecular flexibility index (Phi) is 5.22. The number of carbonyl (C=O) groups is 1. The molecule has 1 fully saturated rings. The number of nitrogens with zero attached hydrogens (tertiary/aromatic N) is 2. The summed E-state index contributed by atoms with van der Waals surface area (Å²) < 4.78 is 44.0. The number of carbonyl (C=O) groups excluding carboxylic acids is 1. The van der Waals surface area contributed by atoms with Gasteiger partial charge in [-0.15, -0.1) is 0 Å². The van der Waals surface area contributed by atoms with E-state index in [0.717, 1.165) is 12.1 Å². The van der Waals surface area contributed by atoms with E-state index in [1.807, 2.05) is 0 Å². The minimum absolute atomic E-state index is 0.0365. The number of hydrogen-bond donors (Lipinski definition) is 0. The van der Waals surface area contributed by atoms with Crippen molar-refractivity contribution in [2.24, 2.45) is 0 Å². The minimum Gasteiger partial charge on any atom is -0.444 e. The molecule has 1 amide bonds. The van der Waals surface area contributed by atoms with Crippen molar-refractivity contribution in [1.29, 1.82) is 0 Å². The molecule has 0 spiro atoms. The standard InChI is InChI=1S/C16H20ClF3N2O2/c1-15(2,3)24-14(23)22-6-4-21(5-7-22)13-9-11(16(18,19)20)8-12(17)10-13/h8-10H,4-7H2,1-3H3. The first-order valence-electron chi connectivity index (χ1n) is 7.56. The smallest absolute Gasteiger partial charge is 0.416 e. The van der Waals surface area contributed by atoms with E-state index in [4.69, 9.17) is 16.3 Å². The van der Waals surface area contributed by atoms with E-state index in [-0.39, 0.29) is 5.02 Å². The summed E-state index contributed by atoms with van der Waals surface area (Å²) in [4.78, 5) is 15.3. The summed E-state index contributed by atoms with van der Waals surface area (Å²) in [6.07, 6.45) is -4.86. The van der Waals surface area contributed by atoms with Crippen LogP contribution in [0, 0.1) is 0 Å². The van der Waals surface area contributed by atoms with Gasteiger partial charge in [0.2, 0.25) is 0 Å². The average Bonchev–Trinajstić information content (AvgIpc) is 2.44. The van der Waals surface area contributed by atoms with Crippen molar-refractivity contribution in [3.63, 3.8) is 0 Å². The molecule has 1 aliphatic heterocycles. The third-order valence-corrected chi connectivity index (χ3v) is 3.72. The highest BCUT2D eigenvalue weighted by Gasteiger charge is 2.32. The Morgan fingerprint density at radius 3 is 2.17 bits per heavy atom. The third-order valence-electron chi connectivity index (χ3n) is 3.51. The van der Waals surface area contributed by atoms with Crippen LogP contribution in [0.3, 0.4) is 0 Å². The lowest BCUT2D eigenvalue weighted by Gasteiger charge is -2.37. The Balaban J connectivity index is 2.05. The average molecular weight is 365 g/mol. The van der Waals surface area contributed by atoms with E-state index in [1.54, 1.807) is 30.6 Å². The van der Waals surface area contributed by atoms with Gasteiger partial charge in [-0.2, -0.15) is 13.2 Å². The lowest BCUT2D eigenvalue weighted by molar-refractivity contribution is -0.137. The number of benzene rings is 1. The number of alkyl halides is 3. The van der Waals surface area contributed by atoms with Crippen LogP contribution in [0.5, 0.6) is 0 Å². The highest BCUT2D eigenvalue weighted by atomic mass is 35.5. The van der Waals surface area contributed by atoms with Gasteiger partial charge >= 0.3 is 12.3 Å². The molecule has 0 atom stereocenters. The zero-order chi connectivity index (χ0) is 18.1. The summed E-state index contributed by atoms with van der Waals surface area (Å²) in [5, 5.41) is 0.0365. The molecule has 1 aromatic rings. The van der Waals surface area contributed by atoms with Crippen LogP contribution in [0.15, 0.2) is 18.2 Å². The molecule has 134 valence electrons. The van der Waals surface area contributed by atoms with Gasteiger partial charge in [-0.25, -0.2) is 4.79 Å². The van der Waals surface area contributed by atoms with Crippen LogP contribution in [-0.4, -0.2) is 42.8 Å². The monoisotopic (exact) mass is 364 g/mol. The summed E-state index contributed by atoms with van der Waals surface area (Å²) in [7, 11) is 0. The molecular formula is C16H20ClF3N2O2. The van der Waals surface area contributed by atoms with E-state index < -0.39 is 23.4 Å². The van der Waals surface area contributed by atoms with Crippen molar-refractivity contribution in [3.8, 4) is 0 Å². The molecule has 8 heteroatoms. The second-order valence-corrected chi connectivity index (χ2v) is 7.09. The van der Waals surface area contributed by atoms with Gasteiger partial charge in [-0.3, -0.25) is 0 Å². The molecule has 1 saturated heterocycles. The van der Waals surface area contributed by atoms with E-state index >= 15 is 0 Å². The second kappa shape index (κ2) is 6.70. The summed E-state index contributed by atoms with van der Waals surface area (Å²) in [6, 6.07) is 3.48. The van der Waals surface area contributed by atoms with Crippen molar-refractivity contribution >= 4 is 23.4 Å². The highest BCUT2D eigenvalue weighted by Crippen LogP contribution is 2.34. The molecule has 1 aromatic carbocycles. The van der Waals surface area contributed by atoms with Crippen LogP contribution in [-0.2, 0) is 10.9 Å². The van der Waals surface area contributed by atoms with Crippen LogP contribution in [0.25, 0.3) is 0 Å². The van der Waals surface area contributed by atoms with E-state index in [9.17, 15) is 18.0 Å². The third kappa shape index (κ3) is 4.93. The first-order chi connectivity index (χ1) is 11.0. The van der Waals surface area contributed by atoms with Crippen molar-refractivity contribution in [2.75, 3.05) is 31.1 Å². The topological polar surface area (TPSA) is 32.8 Å². The molecule has 24 heavy (non-hydrogen) atoms. The molecular weight excluding hydrogens is 345 g/mol. The Morgan fingerprint density at radius 1 is 1.08 bits per heavy atom. The zero-order valence-electron chi connectivity index (χ0n) is 13.8. The van der Waals surface area contributed by atoms with Gasteiger partial charge in [0.15, 0.2) is 0 Å². The first kappa shape index (κ1) is 18.7. The molecule has 0 aliphatic carbocycles. The van der Waals surface area contributed by atoms with Gasteiger partial charge in [0, 0.05) is 36.9 Å². The summed E-state index contributed by atoms with van der Waals surface area (Å²) in [5.41, 5.74) is -0.957. The quantitative estimate of drug-likeness (QED) is 0.739. The SMILES string of the molecule is CC(C)(C)OC(=O)N1CCN(c2cc(Cl)cc(C(F)(F)F)c2)CC1. The van der Waals surface area contributed by atoms with Crippen LogP contribution < -0.4 is 4.90 Å².